The lowest BCUT2D eigenvalue weighted by atomic mass is 10.1. The summed E-state index contributed by atoms with van der Waals surface area (Å²) in [5.74, 6) is -0.741. The minimum absolute atomic E-state index is 0.232. The van der Waals surface area contributed by atoms with Gasteiger partial charge in [-0.05, 0) is 37.0 Å². The Kier molecular flexibility index (Phi) is 4.36. The Hall–Kier alpha value is -1.82. The van der Waals surface area contributed by atoms with Crippen molar-refractivity contribution in [2.75, 3.05) is 0 Å². The van der Waals surface area contributed by atoms with Crippen molar-refractivity contribution >= 4 is 5.97 Å². The summed E-state index contributed by atoms with van der Waals surface area (Å²) >= 11 is 0. The minimum atomic E-state index is -0.741. The molecule has 0 fully saturated rings. The van der Waals surface area contributed by atoms with Crippen LogP contribution in [0.1, 0.15) is 30.4 Å². The van der Waals surface area contributed by atoms with Gasteiger partial charge in [0.15, 0.2) is 0 Å². The number of carboxylic acids is 1. The number of rotatable bonds is 5. The summed E-state index contributed by atoms with van der Waals surface area (Å²) in [5, 5.41) is 17.0. The molecule has 0 heterocycles. The van der Waals surface area contributed by atoms with Crippen molar-refractivity contribution in [3.8, 4) is 6.07 Å². The Morgan fingerprint density at radius 1 is 1.27 bits per heavy atom. The maximum atomic E-state index is 10.3. The van der Waals surface area contributed by atoms with Crippen molar-refractivity contribution in [3.05, 3.63) is 35.4 Å². The molecule has 1 rings (SSSR count). The molecule has 0 amide bonds. The quantitative estimate of drug-likeness (QED) is 0.747. The second-order valence-electron chi connectivity index (χ2n) is 3.41. The first-order valence-electron chi connectivity index (χ1n) is 4.93. The van der Waals surface area contributed by atoms with Crippen molar-refractivity contribution in [1.82, 2.24) is 0 Å². The van der Waals surface area contributed by atoms with Gasteiger partial charge < -0.3 is 5.11 Å². The number of aliphatic carboxylic acids is 1. The van der Waals surface area contributed by atoms with Gasteiger partial charge in [-0.25, -0.2) is 0 Å². The maximum Gasteiger partial charge on any atom is 0.303 e. The van der Waals surface area contributed by atoms with Gasteiger partial charge in [0.2, 0.25) is 0 Å². The van der Waals surface area contributed by atoms with Crippen LogP contribution < -0.4 is 0 Å². The molecule has 3 heteroatoms. The van der Waals surface area contributed by atoms with Crippen LogP contribution >= 0.6 is 0 Å². The number of carbonyl (C=O) groups is 1. The van der Waals surface area contributed by atoms with Gasteiger partial charge >= 0.3 is 5.97 Å². The van der Waals surface area contributed by atoms with E-state index in [1.807, 2.05) is 12.1 Å². The van der Waals surface area contributed by atoms with Crippen molar-refractivity contribution < 1.29 is 9.90 Å². The first kappa shape index (κ1) is 11.3. The lowest BCUT2D eigenvalue weighted by Crippen LogP contribution is -1.94. The van der Waals surface area contributed by atoms with Crippen LogP contribution in [0.2, 0.25) is 0 Å². The molecule has 3 nitrogen and oxygen atoms in total. The standard InChI is InChI=1S/C12H13NO2/c13-9-11-7-5-10(6-8-11)3-1-2-4-12(14)15/h5-8H,1-4H2,(H,14,15). The number of hydrogen-bond acceptors (Lipinski definition) is 2. The van der Waals surface area contributed by atoms with Crippen molar-refractivity contribution in [3.63, 3.8) is 0 Å². The maximum absolute atomic E-state index is 10.3. The van der Waals surface area contributed by atoms with Gasteiger partial charge in [-0.1, -0.05) is 12.1 Å². The summed E-state index contributed by atoms with van der Waals surface area (Å²) in [6.07, 6.45) is 2.68. The summed E-state index contributed by atoms with van der Waals surface area (Å²) in [5.41, 5.74) is 1.81. The molecule has 0 atom stereocenters. The Morgan fingerprint density at radius 2 is 1.93 bits per heavy atom. The lowest BCUT2D eigenvalue weighted by molar-refractivity contribution is -0.137. The molecule has 0 saturated carbocycles. The summed E-state index contributed by atoms with van der Waals surface area (Å²) in [7, 11) is 0. The highest BCUT2D eigenvalue weighted by Crippen LogP contribution is 2.08. The van der Waals surface area contributed by atoms with Crippen molar-refractivity contribution in [2.24, 2.45) is 0 Å². The smallest absolute Gasteiger partial charge is 0.303 e. The zero-order valence-corrected chi connectivity index (χ0v) is 8.44. The summed E-state index contributed by atoms with van der Waals surface area (Å²) < 4.78 is 0. The monoisotopic (exact) mass is 203 g/mol. The molecule has 1 aromatic rings. The fourth-order valence-corrected chi connectivity index (χ4v) is 1.35. The molecule has 15 heavy (non-hydrogen) atoms. The SMILES string of the molecule is N#Cc1ccc(CCCCC(=O)O)cc1. The molecule has 0 bridgehead atoms. The van der Waals surface area contributed by atoms with E-state index in [-0.39, 0.29) is 6.42 Å². The van der Waals surface area contributed by atoms with Crippen LogP contribution in [0.3, 0.4) is 0 Å². The van der Waals surface area contributed by atoms with Gasteiger partial charge in [0.25, 0.3) is 0 Å². The first-order valence-corrected chi connectivity index (χ1v) is 4.93. The molecule has 1 N–H and O–H groups in total. The molecule has 1 aromatic carbocycles. The number of carboxylic acid groups (broad SMARTS) is 1. The van der Waals surface area contributed by atoms with Gasteiger partial charge in [0, 0.05) is 6.42 Å². The Morgan fingerprint density at radius 3 is 2.47 bits per heavy atom. The van der Waals surface area contributed by atoms with Crippen LogP contribution in [0.5, 0.6) is 0 Å². The highest BCUT2D eigenvalue weighted by atomic mass is 16.4. The molecule has 0 aliphatic heterocycles. The normalized spacial score (nSPS) is 9.53. The molecule has 78 valence electrons. The van der Waals surface area contributed by atoms with E-state index in [4.69, 9.17) is 10.4 Å². The number of hydrogen-bond donors (Lipinski definition) is 1. The van der Waals surface area contributed by atoms with Gasteiger partial charge in [-0.15, -0.1) is 0 Å². The molecule has 0 radical (unpaired) electrons. The van der Waals surface area contributed by atoms with E-state index < -0.39 is 5.97 Å². The van der Waals surface area contributed by atoms with Crippen LogP contribution in [0.25, 0.3) is 0 Å². The molecule has 0 saturated heterocycles. The molecular formula is C12H13NO2. The van der Waals surface area contributed by atoms with Gasteiger partial charge in [-0.3, -0.25) is 4.79 Å². The lowest BCUT2D eigenvalue weighted by Gasteiger charge is -2.00. The van der Waals surface area contributed by atoms with Gasteiger partial charge in [0.05, 0.1) is 11.6 Å². The third-order valence-electron chi connectivity index (χ3n) is 2.19. The highest BCUT2D eigenvalue weighted by molar-refractivity contribution is 5.66. The Bertz CT molecular complexity index is 362. The number of aryl methyl sites for hydroxylation is 1. The zero-order chi connectivity index (χ0) is 11.1. The van der Waals surface area contributed by atoms with Crippen LogP contribution in [0.15, 0.2) is 24.3 Å². The number of benzene rings is 1. The number of nitrogens with zero attached hydrogens (tertiary/aromatic N) is 1. The van der Waals surface area contributed by atoms with E-state index in [9.17, 15) is 4.79 Å². The van der Waals surface area contributed by atoms with E-state index in [1.54, 1.807) is 12.1 Å². The van der Waals surface area contributed by atoms with Crippen molar-refractivity contribution in [2.45, 2.75) is 25.7 Å². The predicted molar refractivity (Wildman–Crippen MR) is 56.3 cm³/mol. The minimum Gasteiger partial charge on any atom is -0.481 e. The topological polar surface area (TPSA) is 61.1 Å². The van der Waals surface area contributed by atoms with Crippen LogP contribution in [0, 0.1) is 11.3 Å². The average molecular weight is 203 g/mol. The fraction of sp³-hybridized carbons (Fsp3) is 0.333. The third kappa shape index (κ3) is 4.28. The summed E-state index contributed by atoms with van der Waals surface area (Å²) in [4.78, 5) is 10.3. The molecule has 0 unspecified atom stereocenters. The number of unbranched alkanes of at least 4 members (excludes halogenated alkanes) is 1. The Balaban J connectivity index is 2.32. The highest BCUT2D eigenvalue weighted by Gasteiger charge is 1.98. The van der Waals surface area contributed by atoms with E-state index in [0.29, 0.717) is 12.0 Å². The van der Waals surface area contributed by atoms with E-state index in [1.165, 1.54) is 0 Å². The molecule has 0 aliphatic rings. The summed E-state index contributed by atoms with van der Waals surface area (Å²) in [6.45, 7) is 0. The third-order valence-corrected chi connectivity index (χ3v) is 2.19. The average Bonchev–Trinajstić information content (AvgIpc) is 2.25. The van der Waals surface area contributed by atoms with E-state index in [2.05, 4.69) is 6.07 Å². The first-order chi connectivity index (χ1) is 7.22. The second kappa shape index (κ2) is 5.82. The van der Waals surface area contributed by atoms with Crippen molar-refractivity contribution in [1.29, 1.82) is 5.26 Å². The fourth-order valence-electron chi connectivity index (χ4n) is 1.35. The molecular weight excluding hydrogens is 190 g/mol. The van der Waals surface area contributed by atoms with E-state index >= 15 is 0 Å². The van der Waals surface area contributed by atoms with Gasteiger partial charge in [-0.2, -0.15) is 5.26 Å². The Labute approximate surface area is 89.0 Å². The molecule has 0 spiro atoms. The van der Waals surface area contributed by atoms with Crippen LogP contribution in [-0.2, 0) is 11.2 Å². The molecule has 0 aliphatic carbocycles. The number of nitriles is 1. The predicted octanol–water partition coefficient (Wildman–Crippen LogP) is 2.36. The largest absolute Gasteiger partial charge is 0.481 e. The van der Waals surface area contributed by atoms with Crippen LogP contribution in [-0.4, -0.2) is 11.1 Å². The van der Waals surface area contributed by atoms with Crippen LogP contribution in [0.4, 0.5) is 0 Å². The zero-order valence-electron chi connectivity index (χ0n) is 8.44. The molecule has 0 aromatic heterocycles. The van der Waals surface area contributed by atoms with E-state index in [0.717, 1.165) is 18.4 Å². The second-order valence-corrected chi connectivity index (χ2v) is 3.41. The van der Waals surface area contributed by atoms with Gasteiger partial charge in [0.1, 0.15) is 0 Å². The summed E-state index contributed by atoms with van der Waals surface area (Å²) in [6, 6.07) is 9.46.